The second-order valence-electron chi connectivity index (χ2n) is 5.37. The lowest BCUT2D eigenvalue weighted by Crippen LogP contribution is -2.47. The van der Waals surface area contributed by atoms with Crippen LogP contribution in [0, 0.1) is 6.92 Å². The summed E-state index contributed by atoms with van der Waals surface area (Å²) in [5.41, 5.74) is 1.27. The Balaban J connectivity index is 1.87. The summed E-state index contributed by atoms with van der Waals surface area (Å²) < 4.78 is 25.5. The van der Waals surface area contributed by atoms with E-state index in [0.29, 0.717) is 37.9 Å². The van der Waals surface area contributed by atoms with Crippen LogP contribution in [0.25, 0.3) is 0 Å². The second-order valence-corrected chi connectivity index (χ2v) is 7.46. The molecule has 0 saturated carbocycles. The number of amides is 1. The summed E-state index contributed by atoms with van der Waals surface area (Å²) in [4.78, 5) is 12.1. The summed E-state index contributed by atoms with van der Waals surface area (Å²) in [5.74, 6) is 0.0363. The Bertz CT molecular complexity index is 588. The quantitative estimate of drug-likeness (QED) is 0.834. The number of piperidine rings is 1. The standard InChI is InChI=1S/C13H22N4O3S/c1-3-8-21(19,20)17-6-4-11(5-7-17)15-13(18)12-9-14-16-10(12)2/h9,11H,3-8H2,1-2H3,(H,14,16)(H,15,18). The van der Waals surface area contributed by atoms with Crippen LogP contribution in [0.4, 0.5) is 0 Å². The minimum absolute atomic E-state index is 0.0138. The minimum Gasteiger partial charge on any atom is -0.349 e. The van der Waals surface area contributed by atoms with Crippen molar-refractivity contribution in [2.75, 3.05) is 18.8 Å². The number of sulfonamides is 1. The van der Waals surface area contributed by atoms with Gasteiger partial charge in [0, 0.05) is 24.8 Å². The third-order valence-electron chi connectivity index (χ3n) is 3.72. The molecule has 0 bridgehead atoms. The molecular formula is C13H22N4O3S. The van der Waals surface area contributed by atoms with Crippen molar-refractivity contribution in [3.8, 4) is 0 Å². The molecule has 2 N–H and O–H groups in total. The van der Waals surface area contributed by atoms with Crippen LogP contribution in [0.15, 0.2) is 6.20 Å². The SMILES string of the molecule is CCCS(=O)(=O)N1CCC(NC(=O)c2cn[nH]c2C)CC1. The molecule has 1 saturated heterocycles. The molecule has 2 heterocycles. The summed E-state index contributed by atoms with van der Waals surface area (Å²) in [6.07, 6.45) is 3.42. The Morgan fingerprint density at radius 3 is 2.67 bits per heavy atom. The Labute approximate surface area is 125 Å². The van der Waals surface area contributed by atoms with Crippen LogP contribution in [-0.4, -0.2) is 53.7 Å². The number of rotatable bonds is 5. The number of aryl methyl sites for hydroxylation is 1. The van der Waals surface area contributed by atoms with E-state index in [9.17, 15) is 13.2 Å². The van der Waals surface area contributed by atoms with Gasteiger partial charge < -0.3 is 5.32 Å². The third kappa shape index (κ3) is 3.82. The molecule has 118 valence electrons. The largest absolute Gasteiger partial charge is 0.349 e. The maximum atomic E-state index is 12.1. The van der Waals surface area contributed by atoms with Gasteiger partial charge >= 0.3 is 0 Å². The first-order valence-corrected chi connectivity index (χ1v) is 8.83. The van der Waals surface area contributed by atoms with Gasteiger partial charge in [0.1, 0.15) is 0 Å². The first-order valence-electron chi connectivity index (χ1n) is 7.22. The molecule has 0 atom stereocenters. The van der Waals surface area contributed by atoms with E-state index in [0.717, 1.165) is 5.69 Å². The van der Waals surface area contributed by atoms with Crippen molar-refractivity contribution < 1.29 is 13.2 Å². The zero-order valence-corrected chi connectivity index (χ0v) is 13.2. The topological polar surface area (TPSA) is 95.2 Å². The number of nitrogens with one attached hydrogen (secondary N) is 2. The van der Waals surface area contributed by atoms with Crippen LogP contribution in [0.1, 0.15) is 42.2 Å². The summed E-state index contributed by atoms with van der Waals surface area (Å²) in [7, 11) is -3.13. The van der Waals surface area contributed by atoms with E-state index in [1.165, 1.54) is 10.5 Å². The Morgan fingerprint density at radius 2 is 2.14 bits per heavy atom. The first kappa shape index (κ1) is 16.0. The maximum absolute atomic E-state index is 12.1. The van der Waals surface area contributed by atoms with Crippen LogP contribution in [0.5, 0.6) is 0 Å². The molecule has 0 radical (unpaired) electrons. The Hall–Kier alpha value is -1.41. The van der Waals surface area contributed by atoms with Crippen molar-refractivity contribution in [1.82, 2.24) is 19.8 Å². The summed E-state index contributed by atoms with van der Waals surface area (Å²) in [6.45, 7) is 4.59. The minimum atomic E-state index is -3.13. The van der Waals surface area contributed by atoms with Crippen molar-refractivity contribution in [2.24, 2.45) is 0 Å². The van der Waals surface area contributed by atoms with E-state index in [-0.39, 0.29) is 17.7 Å². The predicted octanol–water partition coefficient (Wildman–Crippen LogP) is 0.652. The average Bonchev–Trinajstić information content (AvgIpc) is 2.85. The number of aromatic nitrogens is 2. The van der Waals surface area contributed by atoms with Gasteiger partial charge in [-0.1, -0.05) is 6.92 Å². The molecule has 0 spiro atoms. The summed E-state index contributed by atoms with van der Waals surface area (Å²) in [5, 5.41) is 9.50. The number of carbonyl (C=O) groups is 1. The van der Waals surface area contributed by atoms with E-state index in [1.54, 1.807) is 6.92 Å². The van der Waals surface area contributed by atoms with Gasteiger partial charge in [0.05, 0.1) is 17.5 Å². The number of hydrogen-bond donors (Lipinski definition) is 2. The van der Waals surface area contributed by atoms with Gasteiger partial charge in [-0.3, -0.25) is 9.89 Å². The molecule has 1 aliphatic rings. The van der Waals surface area contributed by atoms with E-state index >= 15 is 0 Å². The monoisotopic (exact) mass is 314 g/mol. The van der Waals surface area contributed by atoms with Crippen molar-refractivity contribution >= 4 is 15.9 Å². The molecule has 1 amide bonds. The lowest BCUT2D eigenvalue weighted by Gasteiger charge is -2.31. The Kier molecular flexibility index (Phi) is 5.00. The lowest BCUT2D eigenvalue weighted by molar-refractivity contribution is 0.0923. The van der Waals surface area contributed by atoms with Crippen LogP contribution >= 0.6 is 0 Å². The van der Waals surface area contributed by atoms with Gasteiger partial charge in [-0.2, -0.15) is 5.10 Å². The zero-order valence-electron chi connectivity index (χ0n) is 12.4. The molecule has 1 fully saturated rings. The molecule has 7 nitrogen and oxygen atoms in total. The van der Waals surface area contributed by atoms with Crippen molar-refractivity contribution in [1.29, 1.82) is 0 Å². The summed E-state index contributed by atoms with van der Waals surface area (Å²) >= 11 is 0. The van der Waals surface area contributed by atoms with Gasteiger partial charge in [-0.05, 0) is 26.2 Å². The van der Waals surface area contributed by atoms with Gasteiger partial charge in [0.2, 0.25) is 10.0 Å². The molecule has 0 aliphatic carbocycles. The molecular weight excluding hydrogens is 292 g/mol. The van der Waals surface area contributed by atoms with Crippen molar-refractivity contribution in [2.45, 2.75) is 39.2 Å². The molecule has 21 heavy (non-hydrogen) atoms. The lowest BCUT2D eigenvalue weighted by atomic mass is 10.1. The Morgan fingerprint density at radius 1 is 1.48 bits per heavy atom. The molecule has 2 rings (SSSR count). The highest BCUT2D eigenvalue weighted by atomic mass is 32.2. The number of aromatic amines is 1. The van der Waals surface area contributed by atoms with Gasteiger partial charge in [0.15, 0.2) is 0 Å². The highest BCUT2D eigenvalue weighted by molar-refractivity contribution is 7.89. The molecule has 0 aromatic carbocycles. The van der Waals surface area contributed by atoms with E-state index in [1.807, 2.05) is 6.92 Å². The maximum Gasteiger partial charge on any atom is 0.254 e. The molecule has 8 heteroatoms. The van der Waals surface area contributed by atoms with E-state index < -0.39 is 10.0 Å². The fourth-order valence-corrected chi connectivity index (χ4v) is 4.05. The number of hydrogen-bond acceptors (Lipinski definition) is 4. The highest BCUT2D eigenvalue weighted by Crippen LogP contribution is 2.16. The van der Waals surface area contributed by atoms with Gasteiger partial charge in [-0.25, -0.2) is 12.7 Å². The summed E-state index contributed by atoms with van der Waals surface area (Å²) in [6, 6.07) is 0.0138. The molecule has 1 aliphatic heterocycles. The second kappa shape index (κ2) is 6.57. The average molecular weight is 314 g/mol. The van der Waals surface area contributed by atoms with Gasteiger partial charge in [0.25, 0.3) is 5.91 Å². The fourth-order valence-electron chi connectivity index (χ4n) is 2.51. The first-order chi connectivity index (χ1) is 9.94. The number of H-pyrrole nitrogens is 1. The molecule has 1 aromatic rings. The smallest absolute Gasteiger partial charge is 0.254 e. The van der Waals surface area contributed by atoms with E-state index in [2.05, 4.69) is 15.5 Å². The fraction of sp³-hybridized carbons (Fsp3) is 0.692. The molecule has 1 aromatic heterocycles. The number of carbonyl (C=O) groups excluding carboxylic acids is 1. The normalized spacial score (nSPS) is 17.8. The zero-order chi connectivity index (χ0) is 15.5. The predicted molar refractivity (Wildman–Crippen MR) is 79.5 cm³/mol. The van der Waals surface area contributed by atoms with Crippen LogP contribution < -0.4 is 5.32 Å². The van der Waals surface area contributed by atoms with Crippen LogP contribution in [-0.2, 0) is 10.0 Å². The van der Waals surface area contributed by atoms with E-state index in [4.69, 9.17) is 0 Å². The van der Waals surface area contributed by atoms with Crippen molar-refractivity contribution in [3.63, 3.8) is 0 Å². The number of nitrogens with zero attached hydrogens (tertiary/aromatic N) is 2. The molecule has 0 unspecified atom stereocenters. The van der Waals surface area contributed by atoms with Crippen LogP contribution in [0.3, 0.4) is 0 Å². The van der Waals surface area contributed by atoms with Crippen LogP contribution in [0.2, 0.25) is 0 Å². The third-order valence-corrected chi connectivity index (χ3v) is 5.80. The van der Waals surface area contributed by atoms with Crippen molar-refractivity contribution in [3.05, 3.63) is 17.5 Å². The van der Waals surface area contributed by atoms with Gasteiger partial charge in [-0.15, -0.1) is 0 Å². The highest BCUT2D eigenvalue weighted by Gasteiger charge is 2.28.